The van der Waals surface area contributed by atoms with Crippen molar-refractivity contribution in [3.63, 3.8) is 0 Å². The van der Waals surface area contributed by atoms with Crippen molar-refractivity contribution in [1.82, 2.24) is 5.32 Å². The van der Waals surface area contributed by atoms with Gasteiger partial charge in [-0.2, -0.15) is 0 Å². The smallest absolute Gasteiger partial charge is 0.171 e. The van der Waals surface area contributed by atoms with Crippen LogP contribution in [0.4, 0.5) is 5.69 Å². The maximum absolute atomic E-state index is 5.95. The molecule has 0 fully saturated rings. The van der Waals surface area contributed by atoms with Crippen LogP contribution >= 0.6 is 51.3 Å². The number of benzene rings is 2. The summed E-state index contributed by atoms with van der Waals surface area (Å²) in [5, 5.41) is 7.73. The number of hydrogen-bond donors (Lipinski definition) is 2. The lowest BCUT2D eigenvalue weighted by Gasteiger charge is -2.11. The van der Waals surface area contributed by atoms with Crippen molar-refractivity contribution >= 4 is 62.1 Å². The third-order valence-electron chi connectivity index (χ3n) is 2.52. The number of thiocarbonyl (C=S) groups is 1. The van der Waals surface area contributed by atoms with Gasteiger partial charge in [-0.25, -0.2) is 0 Å². The maximum atomic E-state index is 5.95. The minimum atomic E-state index is 0.492. The van der Waals surface area contributed by atoms with E-state index in [1.54, 1.807) is 12.1 Å². The second-order valence-corrected chi connectivity index (χ2v) is 6.20. The fraction of sp³-hybridized carbons (Fsp3) is 0.0714. The van der Waals surface area contributed by atoms with E-state index in [-0.39, 0.29) is 0 Å². The molecule has 2 aromatic rings. The van der Waals surface area contributed by atoms with Crippen LogP contribution in [0.2, 0.25) is 10.0 Å². The highest BCUT2D eigenvalue weighted by Crippen LogP contribution is 2.24. The first-order valence-corrected chi connectivity index (χ1v) is 7.74. The Bertz CT molecular complexity index is 634. The molecule has 0 saturated carbocycles. The van der Waals surface area contributed by atoms with E-state index in [9.17, 15) is 0 Å². The van der Waals surface area contributed by atoms with Crippen LogP contribution in [-0.4, -0.2) is 5.11 Å². The fourth-order valence-electron chi connectivity index (χ4n) is 1.58. The lowest BCUT2D eigenvalue weighted by atomic mass is 10.2. The molecule has 0 unspecified atom stereocenters. The van der Waals surface area contributed by atoms with Gasteiger partial charge in [-0.05, 0) is 48.1 Å². The van der Waals surface area contributed by atoms with Crippen molar-refractivity contribution in [2.45, 2.75) is 6.54 Å². The van der Waals surface area contributed by atoms with E-state index in [0.717, 1.165) is 15.7 Å². The molecule has 0 aliphatic carbocycles. The Labute approximate surface area is 141 Å². The average Bonchev–Trinajstić information content (AvgIpc) is 2.41. The van der Waals surface area contributed by atoms with E-state index in [4.69, 9.17) is 35.4 Å². The van der Waals surface area contributed by atoms with Gasteiger partial charge in [0.15, 0.2) is 5.11 Å². The summed E-state index contributed by atoms with van der Waals surface area (Å²) in [7, 11) is 0. The van der Waals surface area contributed by atoms with E-state index >= 15 is 0 Å². The van der Waals surface area contributed by atoms with E-state index in [0.29, 0.717) is 21.7 Å². The molecular formula is C14H11BrCl2N2S. The quantitative estimate of drug-likeness (QED) is 0.701. The minimum absolute atomic E-state index is 0.492. The van der Waals surface area contributed by atoms with Gasteiger partial charge in [0.25, 0.3) is 0 Å². The highest BCUT2D eigenvalue weighted by Gasteiger charge is 2.02. The van der Waals surface area contributed by atoms with Gasteiger partial charge in [0.1, 0.15) is 0 Å². The summed E-state index contributed by atoms with van der Waals surface area (Å²) in [5.74, 6) is 0. The molecule has 0 spiro atoms. The third kappa shape index (κ3) is 4.63. The summed E-state index contributed by atoms with van der Waals surface area (Å²) in [4.78, 5) is 0. The Morgan fingerprint density at radius 2 is 1.90 bits per heavy atom. The molecule has 0 amide bonds. The molecule has 0 bridgehead atoms. The Morgan fingerprint density at radius 3 is 2.60 bits per heavy atom. The zero-order valence-electron chi connectivity index (χ0n) is 10.3. The first-order valence-electron chi connectivity index (χ1n) is 5.79. The molecule has 2 nitrogen and oxygen atoms in total. The maximum Gasteiger partial charge on any atom is 0.171 e. The molecule has 2 aromatic carbocycles. The Morgan fingerprint density at radius 1 is 1.10 bits per heavy atom. The fourth-order valence-corrected chi connectivity index (χ4v) is 2.51. The molecule has 0 aliphatic heterocycles. The van der Waals surface area contributed by atoms with Gasteiger partial charge in [0, 0.05) is 16.7 Å². The normalized spacial score (nSPS) is 10.2. The van der Waals surface area contributed by atoms with Crippen LogP contribution in [0.15, 0.2) is 46.9 Å². The van der Waals surface area contributed by atoms with Crippen molar-refractivity contribution < 1.29 is 0 Å². The largest absolute Gasteiger partial charge is 0.358 e. The van der Waals surface area contributed by atoms with Crippen LogP contribution in [0.3, 0.4) is 0 Å². The summed E-state index contributed by atoms with van der Waals surface area (Å²) in [6.07, 6.45) is 0. The summed E-state index contributed by atoms with van der Waals surface area (Å²) < 4.78 is 1.04. The molecular weight excluding hydrogens is 379 g/mol. The predicted molar refractivity (Wildman–Crippen MR) is 93.7 cm³/mol. The van der Waals surface area contributed by atoms with Gasteiger partial charge < -0.3 is 10.6 Å². The SMILES string of the molecule is S=C(NCc1cccc(Br)c1)Nc1ccc(Cl)c(Cl)c1. The highest BCUT2D eigenvalue weighted by molar-refractivity contribution is 9.10. The van der Waals surface area contributed by atoms with Crippen LogP contribution in [0.25, 0.3) is 0 Å². The van der Waals surface area contributed by atoms with Crippen LogP contribution < -0.4 is 10.6 Å². The van der Waals surface area contributed by atoms with Crippen LogP contribution in [0.5, 0.6) is 0 Å². The number of nitrogens with one attached hydrogen (secondary N) is 2. The average molecular weight is 390 g/mol. The van der Waals surface area contributed by atoms with Gasteiger partial charge in [0.2, 0.25) is 0 Å². The van der Waals surface area contributed by atoms with Crippen LogP contribution in [-0.2, 0) is 6.54 Å². The Balaban J connectivity index is 1.91. The van der Waals surface area contributed by atoms with Crippen molar-refractivity contribution in [3.05, 3.63) is 62.5 Å². The summed E-state index contributed by atoms with van der Waals surface area (Å²) >= 11 is 20.5. The molecule has 0 atom stereocenters. The first-order chi connectivity index (χ1) is 9.54. The van der Waals surface area contributed by atoms with E-state index < -0.39 is 0 Å². The highest BCUT2D eigenvalue weighted by atomic mass is 79.9. The number of rotatable bonds is 3. The topological polar surface area (TPSA) is 24.1 Å². The van der Waals surface area contributed by atoms with Crippen molar-refractivity contribution in [1.29, 1.82) is 0 Å². The van der Waals surface area contributed by atoms with E-state index in [2.05, 4.69) is 26.6 Å². The van der Waals surface area contributed by atoms with Crippen LogP contribution in [0, 0.1) is 0 Å². The molecule has 104 valence electrons. The standard InChI is InChI=1S/C14H11BrCl2N2S/c15-10-3-1-2-9(6-10)8-18-14(20)19-11-4-5-12(16)13(17)7-11/h1-7H,8H2,(H2,18,19,20). The summed E-state index contributed by atoms with van der Waals surface area (Å²) in [6, 6.07) is 13.3. The minimum Gasteiger partial charge on any atom is -0.358 e. The van der Waals surface area contributed by atoms with E-state index in [1.807, 2.05) is 30.3 Å². The predicted octanol–water partition coefficient (Wildman–Crippen LogP) is 5.24. The summed E-state index contributed by atoms with van der Waals surface area (Å²) in [5.41, 5.74) is 1.93. The second-order valence-electron chi connectivity index (χ2n) is 4.07. The van der Waals surface area contributed by atoms with Crippen molar-refractivity contribution in [2.24, 2.45) is 0 Å². The van der Waals surface area contributed by atoms with E-state index in [1.165, 1.54) is 0 Å². The molecule has 0 aliphatic rings. The monoisotopic (exact) mass is 388 g/mol. The molecule has 0 radical (unpaired) electrons. The Kier molecular flexibility index (Phi) is 5.66. The lowest BCUT2D eigenvalue weighted by molar-refractivity contribution is 0.925. The van der Waals surface area contributed by atoms with Gasteiger partial charge in [0.05, 0.1) is 10.0 Å². The molecule has 6 heteroatoms. The second kappa shape index (κ2) is 7.27. The first kappa shape index (κ1) is 15.6. The summed E-state index contributed by atoms with van der Waals surface area (Å²) in [6.45, 7) is 0.645. The number of hydrogen-bond acceptors (Lipinski definition) is 1. The molecule has 0 aromatic heterocycles. The molecule has 0 saturated heterocycles. The lowest BCUT2D eigenvalue weighted by Crippen LogP contribution is -2.27. The van der Waals surface area contributed by atoms with Gasteiger partial charge in [-0.1, -0.05) is 51.3 Å². The van der Waals surface area contributed by atoms with Crippen molar-refractivity contribution in [3.8, 4) is 0 Å². The molecule has 2 N–H and O–H groups in total. The van der Waals surface area contributed by atoms with Gasteiger partial charge in [-0.3, -0.25) is 0 Å². The zero-order chi connectivity index (χ0) is 14.5. The number of halogens is 3. The van der Waals surface area contributed by atoms with Crippen LogP contribution in [0.1, 0.15) is 5.56 Å². The molecule has 0 heterocycles. The third-order valence-corrected chi connectivity index (χ3v) is 4.00. The zero-order valence-corrected chi connectivity index (χ0v) is 14.2. The molecule has 20 heavy (non-hydrogen) atoms. The van der Waals surface area contributed by atoms with Crippen molar-refractivity contribution in [2.75, 3.05) is 5.32 Å². The molecule has 2 rings (SSSR count). The number of anilines is 1. The van der Waals surface area contributed by atoms with Gasteiger partial charge in [-0.15, -0.1) is 0 Å². The van der Waals surface area contributed by atoms with Gasteiger partial charge >= 0.3 is 0 Å². The Hall–Kier alpha value is -0.810.